The molecule has 18 heavy (non-hydrogen) atoms. The number of rotatable bonds is 5. The molecule has 0 bridgehead atoms. The lowest BCUT2D eigenvalue weighted by atomic mass is 9.79. The minimum atomic E-state index is 0.147. The summed E-state index contributed by atoms with van der Waals surface area (Å²) in [5, 5.41) is 3.05. The fourth-order valence-electron chi connectivity index (χ4n) is 2.85. The molecule has 0 radical (unpaired) electrons. The fraction of sp³-hybridized carbons (Fsp3) is 0.857. The van der Waals surface area contributed by atoms with E-state index in [0.29, 0.717) is 37.1 Å². The van der Waals surface area contributed by atoms with Crippen LogP contribution in [0.25, 0.3) is 0 Å². The Kier molecular flexibility index (Phi) is 4.75. The Hall–Kier alpha value is -0.900. The number of hydrogen-bond acceptors (Lipinski definition) is 3. The molecule has 0 unspecified atom stereocenters. The molecule has 0 spiro atoms. The first kappa shape index (κ1) is 13.5. The molecule has 2 saturated carbocycles. The SMILES string of the molecule is CCOC1CC(CC(=O)NC2CCC(=O)CC2)C1. The second-order valence-electron chi connectivity index (χ2n) is 5.50. The highest BCUT2D eigenvalue weighted by atomic mass is 16.5. The molecule has 0 heterocycles. The van der Waals surface area contributed by atoms with Gasteiger partial charge in [-0.05, 0) is 38.5 Å². The van der Waals surface area contributed by atoms with Gasteiger partial charge < -0.3 is 10.1 Å². The monoisotopic (exact) mass is 253 g/mol. The Morgan fingerprint density at radius 3 is 2.61 bits per heavy atom. The van der Waals surface area contributed by atoms with E-state index in [9.17, 15) is 9.59 Å². The lowest BCUT2D eigenvalue weighted by Crippen LogP contribution is -2.41. The molecular weight excluding hydrogens is 230 g/mol. The van der Waals surface area contributed by atoms with E-state index < -0.39 is 0 Å². The molecule has 2 aliphatic rings. The average Bonchev–Trinajstić information content (AvgIpc) is 2.29. The molecule has 4 nitrogen and oxygen atoms in total. The predicted octanol–water partition coefficient (Wildman–Crippen LogP) is 1.82. The van der Waals surface area contributed by atoms with Gasteiger partial charge in [-0.3, -0.25) is 9.59 Å². The van der Waals surface area contributed by atoms with E-state index in [1.807, 2.05) is 6.92 Å². The molecule has 4 heteroatoms. The van der Waals surface area contributed by atoms with Gasteiger partial charge >= 0.3 is 0 Å². The molecule has 0 aromatic heterocycles. The summed E-state index contributed by atoms with van der Waals surface area (Å²) in [6.45, 7) is 2.77. The normalized spacial score (nSPS) is 28.8. The smallest absolute Gasteiger partial charge is 0.220 e. The van der Waals surface area contributed by atoms with Crippen molar-refractivity contribution in [3.63, 3.8) is 0 Å². The first-order valence-corrected chi connectivity index (χ1v) is 7.10. The second kappa shape index (κ2) is 6.32. The topological polar surface area (TPSA) is 55.4 Å². The van der Waals surface area contributed by atoms with Crippen molar-refractivity contribution in [2.75, 3.05) is 6.61 Å². The third kappa shape index (κ3) is 3.80. The quantitative estimate of drug-likeness (QED) is 0.813. The molecule has 2 aliphatic carbocycles. The Balaban J connectivity index is 1.60. The van der Waals surface area contributed by atoms with Gasteiger partial charge in [0, 0.05) is 31.9 Å². The summed E-state index contributed by atoms with van der Waals surface area (Å²) in [5.41, 5.74) is 0. The maximum Gasteiger partial charge on any atom is 0.220 e. The van der Waals surface area contributed by atoms with Crippen LogP contribution in [0, 0.1) is 5.92 Å². The van der Waals surface area contributed by atoms with Gasteiger partial charge in [0.15, 0.2) is 0 Å². The summed E-state index contributed by atoms with van der Waals surface area (Å²) in [6.07, 6.45) is 5.91. The Morgan fingerprint density at radius 1 is 1.33 bits per heavy atom. The van der Waals surface area contributed by atoms with Crippen LogP contribution in [0.5, 0.6) is 0 Å². The summed E-state index contributed by atoms with van der Waals surface area (Å²) in [6, 6.07) is 0.220. The Bertz CT molecular complexity index is 300. The minimum Gasteiger partial charge on any atom is -0.378 e. The first-order valence-electron chi connectivity index (χ1n) is 7.10. The van der Waals surface area contributed by atoms with Crippen LogP contribution in [0.2, 0.25) is 0 Å². The van der Waals surface area contributed by atoms with Gasteiger partial charge in [0.2, 0.25) is 5.91 Å². The second-order valence-corrected chi connectivity index (χ2v) is 5.50. The number of amides is 1. The molecule has 0 atom stereocenters. The van der Waals surface area contributed by atoms with Crippen molar-refractivity contribution in [1.82, 2.24) is 5.32 Å². The summed E-state index contributed by atoms with van der Waals surface area (Å²) < 4.78 is 5.48. The summed E-state index contributed by atoms with van der Waals surface area (Å²) in [5.74, 6) is 0.972. The predicted molar refractivity (Wildman–Crippen MR) is 68.2 cm³/mol. The number of carbonyl (C=O) groups is 2. The number of hydrogen-bond donors (Lipinski definition) is 1. The lowest BCUT2D eigenvalue weighted by Gasteiger charge is -2.35. The minimum absolute atomic E-state index is 0.147. The maximum absolute atomic E-state index is 11.8. The first-order chi connectivity index (χ1) is 8.67. The van der Waals surface area contributed by atoms with Crippen LogP contribution in [0.1, 0.15) is 51.9 Å². The highest BCUT2D eigenvalue weighted by molar-refractivity contribution is 5.80. The van der Waals surface area contributed by atoms with E-state index in [-0.39, 0.29) is 11.9 Å². The highest BCUT2D eigenvalue weighted by Gasteiger charge is 2.31. The number of Topliss-reactive ketones (excluding diaryl/α,β-unsaturated/α-hetero) is 1. The number of nitrogens with one attached hydrogen (secondary N) is 1. The number of ketones is 1. The van der Waals surface area contributed by atoms with Gasteiger partial charge in [-0.15, -0.1) is 0 Å². The molecule has 0 aromatic carbocycles. The van der Waals surface area contributed by atoms with E-state index in [1.54, 1.807) is 0 Å². The molecule has 2 fully saturated rings. The van der Waals surface area contributed by atoms with Gasteiger partial charge in [-0.2, -0.15) is 0 Å². The van der Waals surface area contributed by atoms with E-state index >= 15 is 0 Å². The van der Waals surface area contributed by atoms with Gasteiger partial charge in [0.25, 0.3) is 0 Å². The zero-order valence-corrected chi connectivity index (χ0v) is 11.1. The average molecular weight is 253 g/mol. The highest BCUT2D eigenvalue weighted by Crippen LogP contribution is 2.32. The van der Waals surface area contributed by atoms with Gasteiger partial charge in [0.05, 0.1) is 6.10 Å². The van der Waals surface area contributed by atoms with Crippen LogP contribution in [-0.4, -0.2) is 30.4 Å². The number of ether oxygens (including phenoxy) is 1. The summed E-state index contributed by atoms with van der Waals surface area (Å²) in [7, 11) is 0. The third-order valence-electron chi connectivity index (χ3n) is 3.98. The molecule has 1 N–H and O–H groups in total. The zero-order chi connectivity index (χ0) is 13.0. The zero-order valence-electron chi connectivity index (χ0n) is 11.1. The molecule has 102 valence electrons. The van der Waals surface area contributed by atoms with Crippen molar-refractivity contribution in [3.8, 4) is 0 Å². The maximum atomic E-state index is 11.8. The van der Waals surface area contributed by atoms with Crippen LogP contribution < -0.4 is 5.32 Å². The lowest BCUT2D eigenvalue weighted by molar-refractivity contribution is -0.127. The van der Waals surface area contributed by atoms with E-state index in [4.69, 9.17) is 4.74 Å². The van der Waals surface area contributed by atoms with Crippen molar-refractivity contribution in [3.05, 3.63) is 0 Å². The van der Waals surface area contributed by atoms with Crippen molar-refractivity contribution in [2.45, 2.75) is 64.0 Å². The van der Waals surface area contributed by atoms with Crippen molar-refractivity contribution in [2.24, 2.45) is 5.92 Å². The van der Waals surface area contributed by atoms with E-state index in [1.165, 1.54) is 0 Å². The summed E-state index contributed by atoms with van der Waals surface area (Å²) in [4.78, 5) is 22.9. The van der Waals surface area contributed by atoms with Crippen LogP contribution in [0.15, 0.2) is 0 Å². The number of carbonyl (C=O) groups excluding carboxylic acids is 2. The molecular formula is C14H23NO3. The molecule has 1 amide bonds. The molecule has 0 saturated heterocycles. The van der Waals surface area contributed by atoms with Gasteiger partial charge in [0.1, 0.15) is 5.78 Å². The molecule has 0 aliphatic heterocycles. The summed E-state index contributed by atoms with van der Waals surface area (Å²) >= 11 is 0. The molecule has 0 aromatic rings. The van der Waals surface area contributed by atoms with Crippen LogP contribution >= 0.6 is 0 Å². The van der Waals surface area contributed by atoms with Crippen molar-refractivity contribution >= 4 is 11.7 Å². The van der Waals surface area contributed by atoms with Crippen molar-refractivity contribution < 1.29 is 14.3 Å². The van der Waals surface area contributed by atoms with Crippen LogP contribution in [-0.2, 0) is 14.3 Å². The standard InChI is InChI=1S/C14H23NO3/c1-2-18-13-7-10(8-13)9-14(17)15-11-3-5-12(16)6-4-11/h10-11,13H,2-9H2,1H3,(H,15,17). The van der Waals surface area contributed by atoms with Crippen LogP contribution in [0.3, 0.4) is 0 Å². The van der Waals surface area contributed by atoms with Crippen LogP contribution in [0.4, 0.5) is 0 Å². The van der Waals surface area contributed by atoms with Gasteiger partial charge in [-0.25, -0.2) is 0 Å². The Morgan fingerprint density at radius 2 is 2.00 bits per heavy atom. The van der Waals surface area contributed by atoms with E-state index in [0.717, 1.165) is 32.3 Å². The largest absolute Gasteiger partial charge is 0.378 e. The fourth-order valence-corrected chi connectivity index (χ4v) is 2.85. The molecule has 2 rings (SSSR count). The van der Waals surface area contributed by atoms with Crippen molar-refractivity contribution in [1.29, 1.82) is 0 Å². The van der Waals surface area contributed by atoms with E-state index in [2.05, 4.69) is 5.32 Å². The van der Waals surface area contributed by atoms with Gasteiger partial charge in [-0.1, -0.05) is 0 Å². The Labute approximate surface area is 108 Å². The third-order valence-corrected chi connectivity index (χ3v) is 3.98.